The summed E-state index contributed by atoms with van der Waals surface area (Å²) in [5.41, 5.74) is 2.43. The van der Waals surface area contributed by atoms with Gasteiger partial charge in [-0.25, -0.2) is 0 Å². The van der Waals surface area contributed by atoms with Gasteiger partial charge in [0.2, 0.25) is 5.91 Å². The van der Waals surface area contributed by atoms with Crippen LogP contribution in [0.5, 0.6) is 11.5 Å². The number of carbonyl (C=O) groups is 1. The molecule has 2 heterocycles. The molecule has 1 saturated heterocycles. The van der Waals surface area contributed by atoms with Crippen molar-refractivity contribution >= 4 is 11.6 Å². The Morgan fingerprint density at radius 3 is 2.67 bits per heavy atom. The van der Waals surface area contributed by atoms with Gasteiger partial charge in [-0.15, -0.1) is 0 Å². The SMILES string of the molecule is COc1ccc(C2NCCC23C(=O)Nc2ccccc23)cc1OC. The van der Waals surface area contributed by atoms with E-state index in [4.69, 9.17) is 9.47 Å². The maximum atomic E-state index is 12.9. The summed E-state index contributed by atoms with van der Waals surface area (Å²) in [6, 6.07) is 13.7. The summed E-state index contributed by atoms with van der Waals surface area (Å²) in [6.07, 6.45) is 0.773. The van der Waals surface area contributed by atoms with E-state index in [1.54, 1.807) is 14.2 Å². The van der Waals surface area contributed by atoms with Crippen molar-refractivity contribution in [2.75, 3.05) is 26.1 Å². The standard InChI is InChI=1S/C19H20N2O3/c1-23-15-8-7-12(11-16(15)24-2)17-19(9-10-20-17)13-5-3-4-6-14(13)21-18(19)22/h3-8,11,17,20H,9-10H2,1-2H3,(H,21,22). The van der Waals surface area contributed by atoms with Gasteiger partial charge in [-0.2, -0.15) is 0 Å². The van der Waals surface area contributed by atoms with Gasteiger partial charge in [-0.1, -0.05) is 24.3 Å². The lowest BCUT2D eigenvalue weighted by Gasteiger charge is -2.29. The van der Waals surface area contributed by atoms with Crippen LogP contribution in [0.25, 0.3) is 0 Å². The molecule has 124 valence electrons. The van der Waals surface area contributed by atoms with Crippen LogP contribution in [0.15, 0.2) is 42.5 Å². The molecule has 5 heteroatoms. The van der Waals surface area contributed by atoms with Crippen LogP contribution >= 0.6 is 0 Å². The Morgan fingerprint density at radius 2 is 1.88 bits per heavy atom. The van der Waals surface area contributed by atoms with Gasteiger partial charge < -0.3 is 20.1 Å². The summed E-state index contributed by atoms with van der Waals surface area (Å²) >= 11 is 0. The summed E-state index contributed by atoms with van der Waals surface area (Å²) < 4.78 is 10.8. The molecular formula is C19H20N2O3. The second kappa shape index (κ2) is 5.53. The number of fused-ring (bicyclic) bond motifs is 2. The monoisotopic (exact) mass is 324 g/mol. The van der Waals surface area contributed by atoms with Crippen LogP contribution in [0.4, 0.5) is 5.69 Å². The lowest BCUT2D eigenvalue weighted by atomic mass is 9.73. The second-order valence-electron chi connectivity index (χ2n) is 6.22. The molecule has 0 aliphatic carbocycles. The molecule has 2 aromatic carbocycles. The molecular weight excluding hydrogens is 304 g/mol. The number of methoxy groups -OCH3 is 2. The number of carbonyl (C=O) groups excluding carboxylic acids is 1. The average molecular weight is 324 g/mol. The van der Waals surface area contributed by atoms with Crippen molar-refractivity contribution in [3.63, 3.8) is 0 Å². The van der Waals surface area contributed by atoms with Crippen molar-refractivity contribution in [1.29, 1.82) is 0 Å². The Kier molecular flexibility index (Phi) is 3.46. The van der Waals surface area contributed by atoms with Crippen LogP contribution in [0.3, 0.4) is 0 Å². The Bertz CT molecular complexity index is 805. The minimum absolute atomic E-state index is 0.0634. The molecule has 1 spiro atoms. The molecule has 0 bridgehead atoms. The molecule has 0 aromatic heterocycles. The highest BCUT2D eigenvalue weighted by atomic mass is 16.5. The van der Waals surface area contributed by atoms with Crippen molar-refractivity contribution in [3.8, 4) is 11.5 Å². The maximum absolute atomic E-state index is 12.9. The number of benzene rings is 2. The van der Waals surface area contributed by atoms with Crippen molar-refractivity contribution in [3.05, 3.63) is 53.6 Å². The summed E-state index contributed by atoms with van der Waals surface area (Å²) in [4.78, 5) is 12.9. The number of hydrogen-bond acceptors (Lipinski definition) is 4. The molecule has 2 atom stereocenters. The van der Waals surface area contributed by atoms with Gasteiger partial charge in [0, 0.05) is 5.69 Å². The Morgan fingerprint density at radius 1 is 1.08 bits per heavy atom. The molecule has 2 aromatic rings. The fourth-order valence-corrected chi connectivity index (χ4v) is 4.04. The topological polar surface area (TPSA) is 59.6 Å². The van der Waals surface area contributed by atoms with E-state index in [1.165, 1.54) is 0 Å². The van der Waals surface area contributed by atoms with Crippen LogP contribution in [0.2, 0.25) is 0 Å². The zero-order chi connectivity index (χ0) is 16.7. The van der Waals surface area contributed by atoms with Gasteiger partial charge in [0.25, 0.3) is 0 Å². The molecule has 2 N–H and O–H groups in total. The first-order valence-electron chi connectivity index (χ1n) is 8.07. The molecule has 0 saturated carbocycles. The third kappa shape index (κ3) is 1.94. The number of anilines is 1. The minimum Gasteiger partial charge on any atom is -0.493 e. The van der Waals surface area contributed by atoms with Gasteiger partial charge >= 0.3 is 0 Å². The third-order valence-electron chi connectivity index (χ3n) is 5.16. The highest BCUT2D eigenvalue weighted by Crippen LogP contribution is 2.51. The van der Waals surface area contributed by atoms with Crippen LogP contribution in [-0.4, -0.2) is 26.7 Å². The van der Waals surface area contributed by atoms with Crippen molar-refractivity contribution < 1.29 is 14.3 Å². The van der Waals surface area contributed by atoms with Crippen LogP contribution in [0.1, 0.15) is 23.6 Å². The van der Waals surface area contributed by atoms with Gasteiger partial charge in [0.15, 0.2) is 11.5 Å². The average Bonchev–Trinajstić information content (AvgIpc) is 3.18. The Hall–Kier alpha value is -2.53. The number of nitrogens with one attached hydrogen (secondary N) is 2. The maximum Gasteiger partial charge on any atom is 0.237 e. The Balaban J connectivity index is 1.83. The third-order valence-corrected chi connectivity index (χ3v) is 5.16. The molecule has 1 fully saturated rings. The molecule has 4 rings (SSSR count). The van der Waals surface area contributed by atoms with E-state index in [-0.39, 0.29) is 11.9 Å². The Labute approximate surface area is 141 Å². The number of rotatable bonds is 3. The molecule has 2 aliphatic rings. The molecule has 2 unspecified atom stereocenters. The first-order valence-corrected chi connectivity index (χ1v) is 8.07. The zero-order valence-electron chi connectivity index (χ0n) is 13.8. The smallest absolute Gasteiger partial charge is 0.237 e. The quantitative estimate of drug-likeness (QED) is 0.911. The van der Waals surface area contributed by atoms with E-state index in [0.717, 1.165) is 29.8 Å². The van der Waals surface area contributed by atoms with Gasteiger partial charge in [-0.3, -0.25) is 4.79 Å². The van der Waals surface area contributed by atoms with Gasteiger partial charge in [0.05, 0.1) is 25.7 Å². The fourth-order valence-electron chi connectivity index (χ4n) is 4.04. The normalized spacial score (nSPS) is 24.8. The predicted octanol–water partition coefficient (Wildman–Crippen LogP) is 2.63. The lowest BCUT2D eigenvalue weighted by Crippen LogP contribution is -2.39. The fraction of sp³-hybridized carbons (Fsp3) is 0.316. The van der Waals surface area contributed by atoms with E-state index < -0.39 is 5.41 Å². The number of amides is 1. The highest BCUT2D eigenvalue weighted by molar-refractivity contribution is 6.07. The predicted molar refractivity (Wildman–Crippen MR) is 91.7 cm³/mol. The van der Waals surface area contributed by atoms with Crippen LogP contribution in [-0.2, 0) is 10.2 Å². The molecule has 5 nitrogen and oxygen atoms in total. The van der Waals surface area contributed by atoms with Crippen LogP contribution < -0.4 is 20.1 Å². The van der Waals surface area contributed by atoms with Crippen LogP contribution in [0, 0.1) is 0 Å². The molecule has 0 radical (unpaired) electrons. The summed E-state index contributed by atoms with van der Waals surface area (Å²) in [6.45, 7) is 0.792. The summed E-state index contributed by atoms with van der Waals surface area (Å²) in [5, 5.41) is 6.55. The summed E-state index contributed by atoms with van der Waals surface area (Å²) in [7, 11) is 3.24. The number of hydrogen-bond donors (Lipinski definition) is 2. The van der Waals surface area contributed by atoms with E-state index in [1.807, 2.05) is 42.5 Å². The van der Waals surface area contributed by atoms with Gasteiger partial charge in [-0.05, 0) is 42.3 Å². The lowest BCUT2D eigenvalue weighted by molar-refractivity contribution is -0.121. The second-order valence-corrected chi connectivity index (χ2v) is 6.22. The van der Waals surface area contributed by atoms with E-state index in [9.17, 15) is 4.79 Å². The minimum atomic E-state index is -0.573. The molecule has 24 heavy (non-hydrogen) atoms. The zero-order valence-corrected chi connectivity index (χ0v) is 13.8. The van der Waals surface area contributed by atoms with Crippen molar-refractivity contribution in [1.82, 2.24) is 5.32 Å². The first kappa shape index (κ1) is 15.0. The molecule has 1 amide bonds. The first-order chi connectivity index (χ1) is 11.7. The van der Waals surface area contributed by atoms with E-state index in [2.05, 4.69) is 10.6 Å². The van der Waals surface area contributed by atoms with Crippen molar-refractivity contribution in [2.24, 2.45) is 0 Å². The number of ether oxygens (including phenoxy) is 2. The van der Waals surface area contributed by atoms with E-state index in [0.29, 0.717) is 11.5 Å². The van der Waals surface area contributed by atoms with E-state index >= 15 is 0 Å². The van der Waals surface area contributed by atoms with Gasteiger partial charge in [0.1, 0.15) is 0 Å². The van der Waals surface area contributed by atoms with Crippen molar-refractivity contribution in [2.45, 2.75) is 17.9 Å². The number of para-hydroxylation sites is 1. The summed E-state index contributed by atoms with van der Waals surface area (Å²) in [5.74, 6) is 1.42. The largest absolute Gasteiger partial charge is 0.493 e. The molecule has 2 aliphatic heterocycles. The highest BCUT2D eigenvalue weighted by Gasteiger charge is 2.55.